The van der Waals surface area contributed by atoms with Gasteiger partial charge in [0.05, 0.1) is 23.3 Å². The first kappa shape index (κ1) is 17.4. The Kier molecular flexibility index (Phi) is 5.17. The van der Waals surface area contributed by atoms with E-state index >= 15 is 0 Å². The van der Waals surface area contributed by atoms with Crippen molar-refractivity contribution in [2.45, 2.75) is 38.1 Å². The second-order valence-electron chi connectivity index (χ2n) is 7.12. The van der Waals surface area contributed by atoms with E-state index in [9.17, 15) is 4.79 Å². The number of aromatic amines is 1. The number of H-pyrrole nitrogens is 1. The van der Waals surface area contributed by atoms with Crippen molar-refractivity contribution in [3.8, 4) is 11.3 Å². The topological polar surface area (TPSA) is 66.0 Å². The standard InChI is InChI=1S/C19H25N5OS/c25-17-12-15(22-13-24(17)14-4-2-1-3-5-14)18-16(6-7-21-19(18)26)23-10-8-20-9-11-23/h6-7,12-14,20H,1-5,8-11H2,(H,21,26). The van der Waals surface area contributed by atoms with Gasteiger partial charge in [0.2, 0.25) is 0 Å². The Morgan fingerprint density at radius 1 is 1.15 bits per heavy atom. The summed E-state index contributed by atoms with van der Waals surface area (Å²) >= 11 is 5.55. The zero-order valence-electron chi connectivity index (χ0n) is 14.9. The molecule has 1 aliphatic carbocycles. The summed E-state index contributed by atoms with van der Waals surface area (Å²) in [5, 5.41) is 3.37. The Bertz CT molecular complexity index is 878. The maximum atomic E-state index is 12.8. The van der Waals surface area contributed by atoms with Crippen LogP contribution in [0.1, 0.15) is 38.1 Å². The first-order chi connectivity index (χ1) is 12.7. The Balaban J connectivity index is 1.72. The Morgan fingerprint density at radius 3 is 2.65 bits per heavy atom. The molecule has 0 amide bonds. The van der Waals surface area contributed by atoms with E-state index in [1.54, 1.807) is 12.4 Å². The van der Waals surface area contributed by atoms with Crippen molar-refractivity contribution in [1.82, 2.24) is 19.9 Å². The zero-order valence-corrected chi connectivity index (χ0v) is 15.7. The molecule has 2 fully saturated rings. The summed E-state index contributed by atoms with van der Waals surface area (Å²) in [5.74, 6) is 0. The fourth-order valence-electron chi connectivity index (χ4n) is 4.07. The minimum Gasteiger partial charge on any atom is -0.368 e. The number of anilines is 1. The highest BCUT2D eigenvalue weighted by Crippen LogP contribution is 2.30. The molecule has 7 heteroatoms. The van der Waals surface area contributed by atoms with Crippen LogP contribution in [0.3, 0.4) is 0 Å². The number of aromatic nitrogens is 3. The third-order valence-corrected chi connectivity index (χ3v) is 5.78. The quantitative estimate of drug-likeness (QED) is 0.812. The minimum atomic E-state index is 0.0198. The van der Waals surface area contributed by atoms with Gasteiger partial charge in [-0.25, -0.2) is 4.98 Å². The number of pyridine rings is 1. The molecule has 2 aliphatic rings. The molecule has 26 heavy (non-hydrogen) atoms. The van der Waals surface area contributed by atoms with Crippen LogP contribution in [-0.4, -0.2) is 40.7 Å². The van der Waals surface area contributed by atoms with Gasteiger partial charge in [0.25, 0.3) is 5.56 Å². The first-order valence-corrected chi connectivity index (χ1v) is 9.91. The molecule has 4 rings (SSSR count). The van der Waals surface area contributed by atoms with Crippen molar-refractivity contribution in [2.75, 3.05) is 31.1 Å². The molecule has 0 bridgehead atoms. The highest BCUT2D eigenvalue weighted by molar-refractivity contribution is 7.71. The van der Waals surface area contributed by atoms with E-state index in [0.717, 1.165) is 50.3 Å². The molecule has 3 heterocycles. The van der Waals surface area contributed by atoms with Gasteiger partial charge in [0.1, 0.15) is 4.64 Å². The Hall–Kier alpha value is -1.99. The van der Waals surface area contributed by atoms with Crippen LogP contribution in [0.4, 0.5) is 5.69 Å². The first-order valence-electron chi connectivity index (χ1n) is 9.50. The maximum Gasteiger partial charge on any atom is 0.254 e. The molecule has 1 saturated heterocycles. The maximum absolute atomic E-state index is 12.8. The summed E-state index contributed by atoms with van der Waals surface area (Å²) in [6.45, 7) is 3.74. The van der Waals surface area contributed by atoms with Crippen LogP contribution in [0.25, 0.3) is 11.3 Å². The molecular weight excluding hydrogens is 346 g/mol. The van der Waals surface area contributed by atoms with Crippen LogP contribution in [0.15, 0.2) is 29.5 Å². The second-order valence-corrected chi connectivity index (χ2v) is 7.52. The van der Waals surface area contributed by atoms with E-state index < -0.39 is 0 Å². The fraction of sp³-hybridized carbons (Fsp3) is 0.526. The van der Waals surface area contributed by atoms with E-state index in [2.05, 4.69) is 20.2 Å². The van der Waals surface area contributed by atoms with Gasteiger partial charge in [-0.2, -0.15) is 0 Å². The van der Waals surface area contributed by atoms with Crippen molar-refractivity contribution < 1.29 is 0 Å². The molecule has 2 N–H and O–H groups in total. The molecule has 2 aromatic rings. The largest absolute Gasteiger partial charge is 0.368 e. The summed E-state index contributed by atoms with van der Waals surface area (Å²) in [6.07, 6.45) is 9.37. The highest BCUT2D eigenvalue weighted by atomic mass is 32.1. The minimum absolute atomic E-state index is 0.0198. The van der Waals surface area contributed by atoms with Crippen LogP contribution < -0.4 is 15.8 Å². The Labute approximate surface area is 158 Å². The molecule has 1 saturated carbocycles. The average molecular weight is 372 g/mol. The zero-order chi connectivity index (χ0) is 17.9. The van der Waals surface area contributed by atoms with E-state index in [0.29, 0.717) is 10.3 Å². The number of nitrogens with one attached hydrogen (secondary N) is 2. The SMILES string of the molecule is O=c1cc(-c2c(N3CCNCC3)cc[nH]c2=S)ncn1C1CCCCC1. The number of piperazine rings is 1. The predicted molar refractivity (Wildman–Crippen MR) is 106 cm³/mol. The molecule has 0 aromatic carbocycles. The molecule has 0 atom stereocenters. The van der Waals surface area contributed by atoms with E-state index in [1.165, 1.54) is 19.3 Å². The molecule has 6 nitrogen and oxygen atoms in total. The lowest BCUT2D eigenvalue weighted by Gasteiger charge is -2.31. The smallest absolute Gasteiger partial charge is 0.254 e. The van der Waals surface area contributed by atoms with E-state index in [4.69, 9.17) is 12.2 Å². The molecule has 138 valence electrons. The lowest BCUT2D eigenvalue weighted by molar-refractivity contribution is 0.343. The number of hydrogen-bond donors (Lipinski definition) is 2. The van der Waals surface area contributed by atoms with Crippen LogP contribution in [0, 0.1) is 4.64 Å². The van der Waals surface area contributed by atoms with Crippen LogP contribution in [0.2, 0.25) is 0 Å². The lowest BCUT2D eigenvalue weighted by atomic mass is 9.95. The van der Waals surface area contributed by atoms with Gasteiger partial charge >= 0.3 is 0 Å². The van der Waals surface area contributed by atoms with Crippen molar-refractivity contribution in [3.05, 3.63) is 39.7 Å². The highest BCUT2D eigenvalue weighted by Gasteiger charge is 2.20. The summed E-state index contributed by atoms with van der Waals surface area (Å²) in [5.41, 5.74) is 2.60. The van der Waals surface area contributed by atoms with Gasteiger partial charge < -0.3 is 15.2 Å². The van der Waals surface area contributed by atoms with Gasteiger partial charge in [-0.3, -0.25) is 9.36 Å². The molecular formula is C19H25N5OS. The van der Waals surface area contributed by atoms with Crippen LogP contribution in [-0.2, 0) is 0 Å². The number of rotatable bonds is 3. The van der Waals surface area contributed by atoms with Gasteiger partial charge in [-0.1, -0.05) is 31.5 Å². The average Bonchev–Trinajstić information content (AvgIpc) is 2.69. The van der Waals surface area contributed by atoms with Gasteiger partial charge in [-0.15, -0.1) is 0 Å². The third kappa shape index (κ3) is 3.46. The second kappa shape index (κ2) is 7.72. The molecule has 0 spiro atoms. The van der Waals surface area contributed by atoms with Crippen molar-refractivity contribution in [2.24, 2.45) is 0 Å². The van der Waals surface area contributed by atoms with Crippen LogP contribution >= 0.6 is 12.2 Å². The lowest BCUT2D eigenvalue weighted by Crippen LogP contribution is -2.43. The van der Waals surface area contributed by atoms with E-state index in [1.807, 2.05) is 16.8 Å². The fourth-order valence-corrected chi connectivity index (χ4v) is 4.34. The summed E-state index contributed by atoms with van der Waals surface area (Å²) in [6, 6.07) is 3.97. The summed E-state index contributed by atoms with van der Waals surface area (Å²) in [7, 11) is 0. The normalized spacial score (nSPS) is 18.8. The molecule has 0 radical (unpaired) electrons. The molecule has 2 aromatic heterocycles. The van der Waals surface area contributed by atoms with Crippen molar-refractivity contribution in [1.29, 1.82) is 0 Å². The number of nitrogens with zero attached hydrogens (tertiary/aromatic N) is 3. The summed E-state index contributed by atoms with van der Waals surface area (Å²) in [4.78, 5) is 22.8. The monoisotopic (exact) mass is 371 g/mol. The van der Waals surface area contributed by atoms with Crippen molar-refractivity contribution >= 4 is 17.9 Å². The van der Waals surface area contributed by atoms with E-state index in [-0.39, 0.29) is 11.6 Å². The van der Waals surface area contributed by atoms with Gasteiger partial charge in [0.15, 0.2) is 0 Å². The van der Waals surface area contributed by atoms with Gasteiger partial charge in [0, 0.05) is 44.5 Å². The number of hydrogen-bond acceptors (Lipinski definition) is 5. The Morgan fingerprint density at radius 2 is 1.92 bits per heavy atom. The van der Waals surface area contributed by atoms with Crippen molar-refractivity contribution in [3.63, 3.8) is 0 Å². The third-order valence-electron chi connectivity index (χ3n) is 5.46. The predicted octanol–water partition coefficient (Wildman–Crippen LogP) is 2.88. The summed E-state index contributed by atoms with van der Waals surface area (Å²) < 4.78 is 2.44. The van der Waals surface area contributed by atoms with Gasteiger partial charge in [-0.05, 0) is 18.9 Å². The van der Waals surface area contributed by atoms with Crippen LogP contribution in [0.5, 0.6) is 0 Å². The molecule has 1 aliphatic heterocycles. The molecule has 0 unspecified atom stereocenters.